The predicted octanol–water partition coefficient (Wildman–Crippen LogP) is 0.579. The highest BCUT2D eigenvalue weighted by molar-refractivity contribution is 8.01. The van der Waals surface area contributed by atoms with Gasteiger partial charge in [0.15, 0.2) is 0 Å². The minimum absolute atomic E-state index is 0.0927. The summed E-state index contributed by atoms with van der Waals surface area (Å²) >= 11 is 1.74. The van der Waals surface area contributed by atoms with Crippen molar-refractivity contribution < 1.29 is 9.59 Å². The molecule has 4 rings (SSSR count). The lowest BCUT2D eigenvalue weighted by Gasteiger charge is -2.38. The second-order valence-electron chi connectivity index (χ2n) is 6.63. The van der Waals surface area contributed by atoms with E-state index >= 15 is 0 Å². The molecular weight excluding hydrogens is 326 g/mol. The highest BCUT2D eigenvalue weighted by Gasteiger charge is 2.53. The van der Waals surface area contributed by atoms with Gasteiger partial charge in [0, 0.05) is 50.7 Å². The Labute approximate surface area is 145 Å². The van der Waals surface area contributed by atoms with Crippen LogP contribution in [-0.4, -0.2) is 74.4 Å². The lowest BCUT2D eigenvalue weighted by atomic mass is 10.2. The van der Waals surface area contributed by atoms with E-state index in [1.54, 1.807) is 30.2 Å². The summed E-state index contributed by atoms with van der Waals surface area (Å²) in [6, 6.07) is 1.50. The van der Waals surface area contributed by atoms with Gasteiger partial charge in [0.05, 0.1) is 4.87 Å². The van der Waals surface area contributed by atoms with E-state index in [4.69, 9.17) is 0 Å². The van der Waals surface area contributed by atoms with Gasteiger partial charge in [0.25, 0.3) is 0 Å². The van der Waals surface area contributed by atoms with Crippen molar-refractivity contribution in [1.29, 1.82) is 0 Å². The van der Waals surface area contributed by atoms with Gasteiger partial charge in [0.1, 0.15) is 6.04 Å². The van der Waals surface area contributed by atoms with Crippen molar-refractivity contribution in [2.75, 3.05) is 36.8 Å². The third kappa shape index (κ3) is 2.53. The molecule has 3 aliphatic rings. The molecule has 0 aliphatic carbocycles. The van der Waals surface area contributed by atoms with E-state index in [2.05, 4.69) is 21.8 Å². The molecule has 0 spiro atoms. The van der Waals surface area contributed by atoms with Gasteiger partial charge in [-0.3, -0.25) is 9.59 Å². The van der Waals surface area contributed by atoms with Gasteiger partial charge >= 0.3 is 0 Å². The Morgan fingerprint density at radius 3 is 2.67 bits per heavy atom. The molecule has 3 fully saturated rings. The fourth-order valence-corrected chi connectivity index (χ4v) is 5.22. The second kappa shape index (κ2) is 5.91. The Morgan fingerprint density at radius 1 is 1.25 bits per heavy atom. The zero-order valence-electron chi connectivity index (χ0n) is 13.7. The second-order valence-corrected chi connectivity index (χ2v) is 8.13. The Hall–Kier alpha value is -1.83. The van der Waals surface area contributed by atoms with Crippen LogP contribution in [0.15, 0.2) is 18.5 Å². The maximum Gasteiger partial charge on any atom is 0.246 e. The van der Waals surface area contributed by atoms with Gasteiger partial charge < -0.3 is 14.7 Å². The first kappa shape index (κ1) is 15.7. The van der Waals surface area contributed by atoms with Crippen LogP contribution in [0.3, 0.4) is 0 Å². The van der Waals surface area contributed by atoms with E-state index in [-0.39, 0.29) is 22.7 Å². The monoisotopic (exact) mass is 347 g/mol. The summed E-state index contributed by atoms with van der Waals surface area (Å²) < 4.78 is 0. The Kier molecular flexibility index (Phi) is 3.86. The fraction of sp³-hybridized carbons (Fsp3) is 0.625. The van der Waals surface area contributed by atoms with Crippen molar-refractivity contribution >= 4 is 29.5 Å². The number of hydrogen-bond donors (Lipinski definition) is 0. The molecule has 2 amide bonds. The molecule has 0 radical (unpaired) electrons. The lowest BCUT2D eigenvalue weighted by Crippen LogP contribution is -2.56. The Bertz CT molecular complexity index is 649. The van der Waals surface area contributed by atoms with Gasteiger partial charge in [-0.05, 0) is 19.4 Å². The molecule has 3 saturated heterocycles. The summed E-state index contributed by atoms with van der Waals surface area (Å²) in [5, 5.41) is 0. The summed E-state index contributed by atoms with van der Waals surface area (Å²) in [5.41, 5.74) is 0. The molecule has 4 heterocycles. The van der Waals surface area contributed by atoms with Crippen LogP contribution >= 0.6 is 11.8 Å². The third-order valence-electron chi connectivity index (χ3n) is 5.16. The molecule has 24 heavy (non-hydrogen) atoms. The number of carbonyl (C=O) groups is 2. The van der Waals surface area contributed by atoms with Crippen LogP contribution in [0.2, 0.25) is 0 Å². The van der Waals surface area contributed by atoms with E-state index in [0.717, 1.165) is 19.5 Å². The molecule has 1 aromatic rings. The van der Waals surface area contributed by atoms with E-state index in [0.29, 0.717) is 31.2 Å². The predicted molar refractivity (Wildman–Crippen MR) is 91.6 cm³/mol. The van der Waals surface area contributed by atoms with Crippen LogP contribution in [0.25, 0.3) is 0 Å². The molecule has 0 N–H and O–H groups in total. The number of thioether (sulfide) groups is 1. The number of fused-ring (bicyclic) bond motifs is 1. The maximum atomic E-state index is 12.9. The zero-order chi connectivity index (χ0) is 16.7. The van der Waals surface area contributed by atoms with Crippen LogP contribution < -0.4 is 4.90 Å². The van der Waals surface area contributed by atoms with E-state index < -0.39 is 0 Å². The average Bonchev–Trinajstić information content (AvgIpc) is 3.11. The maximum absolute atomic E-state index is 12.9. The SMILES string of the molecule is CC12CCC(=O)N1C(C(=O)N1CCN(c3ncccn3)CC1)CS2. The molecule has 0 aromatic carbocycles. The van der Waals surface area contributed by atoms with Crippen molar-refractivity contribution in [2.24, 2.45) is 0 Å². The molecule has 0 saturated carbocycles. The van der Waals surface area contributed by atoms with Crippen LogP contribution in [0, 0.1) is 0 Å². The van der Waals surface area contributed by atoms with Crippen molar-refractivity contribution in [3.63, 3.8) is 0 Å². The van der Waals surface area contributed by atoms with Gasteiger partial charge in [-0.25, -0.2) is 9.97 Å². The third-order valence-corrected chi connectivity index (χ3v) is 6.66. The smallest absolute Gasteiger partial charge is 0.246 e. The first-order chi connectivity index (χ1) is 11.6. The summed E-state index contributed by atoms with van der Waals surface area (Å²) in [4.78, 5) is 39.3. The number of piperazine rings is 1. The number of nitrogens with zero attached hydrogens (tertiary/aromatic N) is 5. The first-order valence-corrected chi connectivity index (χ1v) is 9.34. The van der Waals surface area contributed by atoms with Gasteiger partial charge in [0.2, 0.25) is 17.8 Å². The summed E-state index contributed by atoms with van der Waals surface area (Å²) in [6.07, 6.45) is 4.87. The number of hydrogen-bond acceptors (Lipinski definition) is 6. The molecule has 0 bridgehead atoms. The highest BCUT2D eigenvalue weighted by atomic mass is 32.2. The zero-order valence-corrected chi connectivity index (χ0v) is 14.5. The topological polar surface area (TPSA) is 69.6 Å². The molecule has 2 atom stereocenters. The summed E-state index contributed by atoms with van der Waals surface area (Å²) in [5.74, 6) is 1.64. The first-order valence-electron chi connectivity index (χ1n) is 8.35. The number of carbonyl (C=O) groups excluding carboxylic acids is 2. The lowest BCUT2D eigenvalue weighted by molar-refractivity contribution is -0.143. The largest absolute Gasteiger partial charge is 0.337 e. The quantitative estimate of drug-likeness (QED) is 0.779. The standard InChI is InChI=1S/C16H21N5O2S/c1-16-4-3-13(22)21(16)12(11-24-16)14(23)19-7-9-20(10-8-19)15-17-5-2-6-18-15/h2,5-6,12H,3-4,7-11H2,1H3. The van der Waals surface area contributed by atoms with Crippen LogP contribution in [0.1, 0.15) is 19.8 Å². The number of aromatic nitrogens is 2. The van der Waals surface area contributed by atoms with Crippen LogP contribution in [0.5, 0.6) is 0 Å². The highest BCUT2D eigenvalue weighted by Crippen LogP contribution is 2.47. The van der Waals surface area contributed by atoms with Crippen LogP contribution in [0.4, 0.5) is 5.95 Å². The van der Waals surface area contributed by atoms with Crippen molar-refractivity contribution in [1.82, 2.24) is 19.8 Å². The number of rotatable bonds is 2. The van der Waals surface area contributed by atoms with E-state index in [1.165, 1.54) is 0 Å². The Morgan fingerprint density at radius 2 is 1.96 bits per heavy atom. The normalized spacial score (nSPS) is 30.0. The summed E-state index contributed by atoms with van der Waals surface area (Å²) in [6.45, 7) is 4.83. The minimum Gasteiger partial charge on any atom is -0.337 e. The number of amides is 2. The molecule has 2 unspecified atom stereocenters. The molecule has 8 heteroatoms. The minimum atomic E-state index is -0.297. The molecular formula is C16H21N5O2S. The van der Waals surface area contributed by atoms with Crippen molar-refractivity contribution in [2.45, 2.75) is 30.7 Å². The number of anilines is 1. The average molecular weight is 347 g/mol. The van der Waals surface area contributed by atoms with Crippen molar-refractivity contribution in [3.8, 4) is 0 Å². The Balaban J connectivity index is 1.41. The molecule has 128 valence electrons. The molecule has 1 aromatic heterocycles. The van der Waals surface area contributed by atoms with Gasteiger partial charge in [-0.15, -0.1) is 11.8 Å². The summed E-state index contributed by atoms with van der Waals surface area (Å²) in [7, 11) is 0. The van der Waals surface area contributed by atoms with E-state index in [9.17, 15) is 9.59 Å². The fourth-order valence-electron chi connectivity index (χ4n) is 3.80. The van der Waals surface area contributed by atoms with Gasteiger partial charge in [-0.1, -0.05) is 0 Å². The van der Waals surface area contributed by atoms with Crippen LogP contribution in [-0.2, 0) is 9.59 Å². The van der Waals surface area contributed by atoms with Crippen molar-refractivity contribution in [3.05, 3.63) is 18.5 Å². The molecule has 3 aliphatic heterocycles. The van der Waals surface area contributed by atoms with Gasteiger partial charge in [-0.2, -0.15) is 0 Å². The van der Waals surface area contributed by atoms with E-state index in [1.807, 2.05) is 9.80 Å². The molecule has 7 nitrogen and oxygen atoms in total.